The van der Waals surface area contributed by atoms with E-state index in [9.17, 15) is 9.59 Å². The number of rotatable bonds is 4. The van der Waals surface area contributed by atoms with E-state index < -0.39 is 12.1 Å². The van der Waals surface area contributed by atoms with Gasteiger partial charge >= 0.3 is 12.0 Å². The van der Waals surface area contributed by atoms with Crippen molar-refractivity contribution in [3.05, 3.63) is 24.3 Å². The van der Waals surface area contributed by atoms with Crippen molar-refractivity contribution >= 4 is 17.7 Å². The van der Waals surface area contributed by atoms with Gasteiger partial charge in [0.1, 0.15) is 5.75 Å². The van der Waals surface area contributed by atoms with Crippen molar-refractivity contribution < 1.29 is 19.4 Å². The van der Waals surface area contributed by atoms with Crippen LogP contribution in [0.4, 0.5) is 10.5 Å². The predicted molar refractivity (Wildman–Crippen MR) is 77.8 cm³/mol. The summed E-state index contributed by atoms with van der Waals surface area (Å²) in [6.45, 7) is 1.18. The lowest BCUT2D eigenvalue weighted by Gasteiger charge is -2.33. The number of likely N-dealkylation sites (N-methyl/N-ethyl adjacent to an activating group) is 1. The molecule has 1 aliphatic heterocycles. The van der Waals surface area contributed by atoms with Gasteiger partial charge in [0.2, 0.25) is 6.10 Å². The monoisotopic (exact) mass is 293 g/mol. The molecule has 2 N–H and O–H groups in total. The molecule has 1 unspecified atom stereocenters. The van der Waals surface area contributed by atoms with Crippen LogP contribution in [0.2, 0.25) is 0 Å². The Morgan fingerprint density at radius 3 is 2.81 bits per heavy atom. The van der Waals surface area contributed by atoms with Gasteiger partial charge in [0.05, 0.1) is 12.2 Å². The number of carbonyl (C=O) groups is 2. The van der Waals surface area contributed by atoms with Crippen LogP contribution in [0, 0.1) is 0 Å². The van der Waals surface area contributed by atoms with Crippen molar-refractivity contribution in [3.63, 3.8) is 0 Å². The van der Waals surface area contributed by atoms with Gasteiger partial charge in [0, 0.05) is 13.1 Å². The molecule has 0 bridgehead atoms. The van der Waals surface area contributed by atoms with Crippen molar-refractivity contribution in [2.24, 2.45) is 0 Å². The van der Waals surface area contributed by atoms with Gasteiger partial charge in [-0.25, -0.2) is 9.59 Å². The molecule has 21 heavy (non-hydrogen) atoms. The van der Waals surface area contributed by atoms with E-state index in [0.29, 0.717) is 24.5 Å². The zero-order valence-corrected chi connectivity index (χ0v) is 12.1. The number of hydrogen-bond acceptors (Lipinski definition) is 4. The van der Waals surface area contributed by atoms with Crippen LogP contribution in [-0.2, 0) is 4.79 Å². The first kappa shape index (κ1) is 15.1. The summed E-state index contributed by atoms with van der Waals surface area (Å²) in [5.41, 5.74) is 0.581. The van der Waals surface area contributed by atoms with Crippen molar-refractivity contribution in [2.45, 2.75) is 6.10 Å². The standard InChI is InChI=1S/C14H19N3O4/c1-16(2)8-7-15-14(20)17-9-12(13(18)19)21-11-6-4-3-5-10(11)17/h3-6,12H,7-9H2,1-2H3,(H,15,20)(H,18,19). The number of urea groups is 1. The molecule has 0 spiro atoms. The van der Waals surface area contributed by atoms with Crippen LogP contribution < -0.4 is 15.0 Å². The second-order valence-corrected chi connectivity index (χ2v) is 5.06. The number of amides is 2. The van der Waals surface area contributed by atoms with Crippen LogP contribution in [0.25, 0.3) is 0 Å². The molecule has 2 rings (SSSR count). The lowest BCUT2D eigenvalue weighted by atomic mass is 10.2. The molecule has 7 heteroatoms. The maximum atomic E-state index is 12.3. The quantitative estimate of drug-likeness (QED) is 0.850. The Balaban J connectivity index is 2.13. The summed E-state index contributed by atoms with van der Waals surface area (Å²) in [7, 11) is 3.83. The summed E-state index contributed by atoms with van der Waals surface area (Å²) in [6, 6.07) is 6.59. The summed E-state index contributed by atoms with van der Waals surface area (Å²) in [5.74, 6) is -0.686. The van der Waals surface area contributed by atoms with E-state index in [1.54, 1.807) is 24.3 Å². The average Bonchev–Trinajstić information content (AvgIpc) is 2.45. The van der Waals surface area contributed by atoms with Crippen molar-refractivity contribution in [1.82, 2.24) is 10.2 Å². The first-order valence-electron chi connectivity index (χ1n) is 6.67. The molecule has 0 fully saturated rings. The fourth-order valence-electron chi connectivity index (χ4n) is 2.04. The average molecular weight is 293 g/mol. The van der Waals surface area contributed by atoms with E-state index >= 15 is 0 Å². The van der Waals surface area contributed by atoms with Gasteiger partial charge in [-0.1, -0.05) is 12.1 Å². The Morgan fingerprint density at radius 2 is 2.14 bits per heavy atom. The third-order valence-electron chi connectivity index (χ3n) is 3.13. The van der Waals surface area contributed by atoms with Crippen molar-refractivity contribution in [1.29, 1.82) is 0 Å². The van der Waals surface area contributed by atoms with Crippen LogP contribution in [-0.4, -0.2) is 61.8 Å². The molecule has 0 aliphatic carbocycles. The molecule has 1 atom stereocenters. The van der Waals surface area contributed by atoms with Gasteiger partial charge in [-0.05, 0) is 26.2 Å². The number of carbonyl (C=O) groups excluding carboxylic acids is 1. The summed E-state index contributed by atoms with van der Waals surface area (Å²) in [4.78, 5) is 26.8. The van der Waals surface area contributed by atoms with Crippen LogP contribution in [0.1, 0.15) is 0 Å². The maximum Gasteiger partial charge on any atom is 0.346 e. The Morgan fingerprint density at radius 1 is 1.43 bits per heavy atom. The normalized spacial score (nSPS) is 17.1. The molecule has 0 saturated carbocycles. The lowest BCUT2D eigenvalue weighted by Crippen LogP contribution is -2.51. The Kier molecular flexibility index (Phi) is 4.64. The van der Waals surface area contributed by atoms with E-state index in [0.717, 1.165) is 0 Å². The Labute approximate surface area is 123 Å². The number of nitrogens with one attached hydrogen (secondary N) is 1. The zero-order chi connectivity index (χ0) is 15.4. The number of fused-ring (bicyclic) bond motifs is 1. The number of ether oxygens (including phenoxy) is 1. The second kappa shape index (κ2) is 6.45. The first-order chi connectivity index (χ1) is 9.99. The minimum absolute atomic E-state index is 0.0137. The van der Waals surface area contributed by atoms with E-state index in [1.807, 2.05) is 19.0 Å². The highest BCUT2D eigenvalue weighted by Crippen LogP contribution is 2.33. The number of carboxylic acids is 1. The molecule has 7 nitrogen and oxygen atoms in total. The summed E-state index contributed by atoms with van der Waals surface area (Å²) in [5, 5.41) is 11.9. The van der Waals surface area contributed by atoms with Crippen LogP contribution in [0.3, 0.4) is 0 Å². The van der Waals surface area contributed by atoms with E-state index in [-0.39, 0.29) is 12.6 Å². The molecule has 114 valence electrons. The third-order valence-corrected chi connectivity index (χ3v) is 3.13. The lowest BCUT2D eigenvalue weighted by molar-refractivity contribution is -0.144. The fourth-order valence-corrected chi connectivity index (χ4v) is 2.04. The van der Waals surface area contributed by atoms with Gasteiger partial charge in [-0.15, -0.1) is 0 Å². The molecule has 1 aliphatic rings. The van der Waals surface area contributed by atoms with Gasteiger partial charge < -0.3 is 20.1 Å². The number of hydrogen-bond donors (Lipinski definition) is 2. The molecule has 0 radical (unpaired) electrons. The molecule has 0 aromatic heterocycles. The summed E-state index contributed by atoms with van der Waals surface area (Å²) in [6.07, 6.45) is -1.06. The van der Waals surface area contributed by atoms with Gasteiger partial charge in [-0.3, -0.25) is 4.90 Å². The number of para-hydroxylation sites is 2. The highest BCUT2D eigenvalue weighted by molar-refractivity contribution is 5.95. The first-order valence-corrected chi connectivity index (χ1v) is 6.67. The van der Waals surface area contributed by atoms with Crippen molar-refractivity contribution in [3.8, 4) is 5.75 Å². The summed E-state index contributed by atoms with van der Waals surface area (Å²) < 4.78 is 5.39. The number of carboxylic acid groups (broad SMARTS) is 1. The fraction of sp³-hybridized carbons (Fsp3) is 0.429. The molecular formula is C14H19N3O4. The van der Waals surface area contributed by atoms with Crippen LogP contribution in [0.15, 0.2) is 24.3 Å². The molecular weight excluding hydrogens is 274 g/mol. The number of nitrogens with zero attached hydrogens (tertiary/aromatic N) is 2. The van der Waals surface area contributed by atoms with Crippen LogP contribution >= 0.6 is 0 Å². The highest BCUT2D eigenvalue weighted by atomic mass is 16.5. The largest absolute Gasteiger partial charge is 0.478 e. The zero-order valence-electron chi connectivity index (χ0n) is 12.1. The van der Waals surface area contributed by atoms with E-state index in [4.69, 9.17) is 9.84 Å². The van der Waals surface area contributed by atoms with E-state index in [1.165, 1.54) is 4.90 Å². The second-order valence-electron chi connectivity index (χ2n) is 5.06. The molecule has 1 aromatic rings. The van der Waals surface area contributed by atoms with Gasteiger partial charge in [-0.2, -0.15) is 0 Å². The van der Waals surface area contributed by atoms with Gasteiger partial charge in [0.15, 0.2) is 0 Å². The Bertz CT molecular complexity index is 533. The predicted octanol–water partition coefficient (Wildman–Crippen LogP) is 0.610. The molecule has 0 saturated heterocycles. The van der Waals surface area contributed by atoms with Crippen molar-refractivity contribution in [2.75, 3.05) is 38.6 Å². The summed E-state index contributed by atoms with van der Waals surface area (Å²) >= 11 is 0. The Hall–Kier alpha value is -2.28. The topological polar surface area (TPSA) is 82.1 Å². The maximum absolute atomic E-state index is 12.3. The number of aliphatic carboxylic acids is 1. The number of anilines is 1. The minimum atomic E-state index is -1.09. The molecule has 1 heterocycles. The van der Waals surface area contributed by atoms with Gasteiger partial charge in [0.25, 0.3) is 0 Å². The minimum Gasteiger partial charge on any atom is -0.478 e. The molecule has 2 amide bonds. The third kappa shape index (κ3) is 3.63. The smallest absolute Gasteiger partial charge is 0.346 e. The highest BCUT2D eigenvalue weighted by Gasteiger charge is 2.33. The van der Waals surface area contributed by atoms with Crippen LogP contribution in [0.5, 0.6) is 5.75 Å². The molecule has 1 aromatic carbocycles. The number of benzene rings is 1. The van der Waals surface area contributed by atoms with E-state index in [2.05, 4.69) is 5.32 Å². The SMILES string of the molecule is CN(C)CCNC(=O)N1CC(C(=O)O)Oc2ccccc21.